The molecule has 20 heavy (non-hydrogen) atoms. The molecule has 1 unspecified atom stereocenters. The fraction of sp³-hybridized carbons (Fsp3) is 0.400. The first-order valence-electron chi connectivity index (χ1n) is 6.24. The molecule has 1 aliphatic rings. The van der Waals surface area contributed by atoms with E-state index in [0.717, 1.165) is 17.0 Å². The molecular formula is C15H18NO3Y-. The summed E-state index contributed by atoms with van der Waals surface area (Å²) in [7, 11) is 3.37. The number of carbonyl (C=O) groups is 1. The van der Waals surface area contributed by atoms with Gasteiger partial charge in [0.2, 0.25) is 5.91 Å². The van der Waals surface area contributed by atoms with Gasteiger partial charge in [-0.3, -0.25) is 4.79 Å². The van der Waals surface area contributed by atoms with E-state index in [1.54, 1.807) is 19.1 Å². The van der Waals surface area contributed by atoms with Crippen LogP contribution in [-0.2, 0) is 42.2 Å². The molecule has 0 saturated carbocycles. The zero-order valence-electron chi connectivity index (χ0n) is 12.1. The topological polar surface area (TPSA) is 38.8 Å². The molecule has 4 nitrogen and oxygen atoms in total. The number of hydrogen-bond donors (Lipinski definition) is 0. The molecule has 1 atom stereocenters. The van der Waals surface area contributed by atoms with Crippen LogP contribution in [0, 0.1) is 12.0 Å². The summed E-state index contributed by atoms with van der Waals surface area (Å²) >= 11 is 0. The average molecular weight is 349 g/mol. The van der Waals surface area contributed by atoms with Crippen LogP contribution in [0.25, 0.3) is 5.70 Å². The van der Waals surface area contributed by atoms with Crippen molar-refractivity contribution < 1.29 is 47.0 Å². The number of hydrogen-bond acceptors (Lipinski definition) is 3. The molecule has 1 radical (unpaired) electrons. The number of benzene rings is 1. The van der Waals surface area contributed by atoms with Crippen LogP contribution in [0.3, 0.4) is 0 Å². The van der Waals surface area contributed by atoms with Gasteiger partial charge in [-0.25, -0.2) is 6.08 Å². The smallest absolute Gasteiger partial charge is 0.225 e. The summed E-state index contributed by atoms with van der Waals surface area (Å²) in [6, 6.07) is 7.57. The summed E-state index contributed by atoms with van der Waals surface area (Å²) in [4.78, 5) is 13.6. The maximum atomic E-state index is 11.9. The van der Waals surface area contributed by atoms with E-state index in [2.05, 4.69) is 6.08 Å². The van der Waals surface area contributed by atoms with Gasteiger partial charge in [-0.15, -0.1) is 17.8 Å². The third kappa shape index (κ3) is 3.90. The Morgan fingerprint density at radius 1 is 1.35 bits per heavy atom. The fourth-order valence-electron chi connectivity index (χ4n) is 2.03. The first-order chi connectivity index (χ1) is 9.13. The summed E-state index contributed by atoms with van der Waals surface area (Å²) in [6.07, 6.45) is 3.95. The third-order valence-electron chi connectivity index (χ3n) is 3.13. The van der Waals surface area contributed by atoms with Crippen LogP contribution in [-0.4, -0.2) is 31.8 Å². The number of ether oxygens (including phenoxy) is 2. The minimum absolute atomic E-state index is 0. The van der Waals surface area contributed by atoms with E-state index in [-0.39, 0.29) is 51.3 Å². The zero-order chi connectivity index (χ0) is 13.8. The number of allylic oxidation sites excluding steroid dienone is 1. The van der Waals surface area contributed by atoms with Crippen molar-refractivity contribution in [1.82, 2.24) is 4.90 Å². The van der Waals surface area contributed by atoms with Crippen LogP contribution >= 0.6 is 0 Å². The first-order valence-corrected chi connectivity index (χ1v) is 6.24. The second-order valence-corrected chi connectivity index (χ2v) is 4.60. The molecule has 105 valence electrons. The Bertz CT molecular complexity index is 484. The molecule has 0 aromatic heterocycles. The van der Waals surface area contributed by atoms with E-state index in [1.165, 1.54) is 0 Å². The molecule has 1 aliphatic heterocycles. The van der Waals surface area contributed by atoms with Crippen molar-refractivity contribution in [1.29, 1.82) is 0 Å². The van der Waals surface area contributed by atoms with Crippen molar-refractivity contribution in [2.24, 2.45) is 5.92 Å². The number of amides is 1. The molecule has 0 saturated heterocycles. The van der Waals surface area contributed by atoms with Crippen molar-refractivity contribution in [3.05, 3.63) is 35.9 Å². The van der Waals surface area contributed by atoms with E-state index >= 15 is 0 Å². The van der Waals surface area contributed by atoms with Crippen LogP contribution in [0.4, 0.5) is 0 Å². The van der Waals surface area contributed by atoms with Crippen molar-refractivity contribution in [2.45, 2.75) is 13.3 Å². The van der Waals surface area contributed by atoms with Crippen LogP contribution in [0.5, 0.6) is 5.75 Å². The standard InChI is InChI=1S/C15H18NO3.Y/c1-11-4-9-14(16(2)15(11)17)12-5-7-13(8-6-12)19-10-18-3;/h5-8,11H,4,10H2,1-3H3;/q-1;. The number of methoxy groups -OCH3 is 1. The minimum Gasteiger partial charge on any atom is -0.468 e. The molecule has 1 aromatic carbocycles. The Balaban J connectivity index is 0.00000200. The predicted molar refractivity (Wildman–Crippen MR) is 72.1 cm³/mol. The van der Waals surface area contributed by atoms with Crippen molar-refractivity contribution in [3.63, 3.8) is 0 Å². The fourth-order valence-corrected chi connectivity index (χ4v) is 2.03. The molecule has 0 aliphatic carbocycles. The molecule has 1 heterocycles. The van der Waals surface area contributed by atoms with Crippen LogP contribution in [0.1, 0.15) is 18.9 Å². The van der Waals surface area contributed by atoms with Gasteiger partial charge in [0.05, 0.1) is 0 Å². The third-order valence-corrected chi connectivity index (χ3v) is 3.13. The van der Waals surface area contributed by atoms with Crippen molar-refractivity contribution in [3.8, 4) is 5.75 Å². The van der Waals surface area contributed by atoms with E-state index in [1.807, 2.05) is 31.2 Å². The van der Waals surface area contributed by atoms with Gasteiger partial charge in [0, 0.05) is 52.8 Å². The molecule has 1 amide bonds. The molecule has 0 fully saturated rings. The molecule has 2 rings (SSSR count). The van der Waals surface area contributed by atoms with E-state index in [4.69, 9.17) is 9.47 Å². The summed E-state index contributed by atoms with van der Waals surface area (Å²) < 4.78 is 10.2. The normalized spacial score (nSPS) is 18.4. The van der Waals surface area contributed by atoms with Crippen LogP contribution in [0.2, 0.25) is 0 Å². The second kappa shape index (κ2) is 7.91. The minimum atomic E-state index is 0. The zero-order valence-corrected chi connectivity index (χ0v) is 14.9. The number of rotatable bonds is 4. The van der Waals surface area contributed by atoms with Gasteiger partial charge in [0.1, 0.15) is 5.75 Å². The van der Waals surface area contributed by atoms with Gasteiger partial charge in [-0.1, -0.05) is 13.3 Å². The monoisotopic (exact) mass is 349 g/mol. The summed E-state index contributed by atoms with van der Waals surface area (Å²) in [6.45, 7) is 2.15. The molecule has 1 aromatic rings. The summed E-state index contributed by atoms with van der Waals surface area (Å²) in [5, 5.41) is 0. The Labute approximate surface area is 145 Å². The first kappa shape index (κ1) is 17.3. The van der Waals surface area contributed by atoms with E-state index < -0.39 is 0 Å². The van der Waals surface area contributed by atoms with Gasteiger partial charge >= 0.3 is 0 Å². The van der Waals surface area contributed by atoms with Gasteiger partial charge in [-0.2, -0.15) is 5.56 Å². The quantitative estimate of drug-likeness (QED) is 0.619. The SMILES string of the molecule is COCOc1ccc(C2=[C-]CC(C)C(=O)N2C)cc1.[Y]. The van der Waals surface area contributed by atoms with E-state index in [0.29, 0.717) is 6.42 Å². The van der Waals surface area contributed by atoms with Crippen molar-refractivity contribution >= 4 is 11.6 Å². The molecule has 0 bridgehead atoms. The maximum Gasteiger partial charge on any atom is 0.225 e. The summed E-state index contributed by atoms with van der Waals surface area (Å²) in [5.41, 5.74) is 1.80. The van der Waals surface area contributed by atoms with Gasteiger partial charge in [0.15, 0.2) is 6.79 Å². The average Bonchev–Trinajstić information content (AvgIpc) is 2.44. The van der Waals surface area contributed by atoms with Crippen molar-refractivity contribution in [2.75, 3.05) is 21.0 Å². The number of carbonyl (C=O) groups excluding carboxylic acids is 1. The Morgan fingerprint density at radius 3 is 2.60 bits per heavy atom. The molecule has 0 spiro atoms. The van der Waals surface area contributed by atoms with Gasteiger partial charge in [-0.05, 0) is 12.1 Å². The molecule has 0 N–H and O–H groups in total. The van der Waals surface area contributed by atoms with E-state index in [9.17, 15) is 4.79 Å². The summed E-state index contributed by atoms with van der Waals surface area (Å²) in [5.74, 6) is 0.885. The molecular weight excluding hydrogens is 331 g/mol. The van der Waals surface area contributed by atoms with Gasteiger partial charge < -0.3 is 14.4 Å². The molecule has 5 heteroatoms. The van der Waals surface area contributed by atoms with Crippen LogP contribution < -0.4 is 4.74 Å². The van der Waals surface area contributed by atoms with Gasteiger partial charge in [0.25, 0.3) is 0 Å². The Hall–Kier alpha value is -0.706. The Morgan fingerprint density at radius 2 is 2.00 bits per heavy atom. The largest absolute Gasteiger partial charge is 0.468 e. The Kier molecular flexibility index (Phi) is 6.86. The predicted octanol–water partition coefficient (Wildman–Crippen LogP) is 2.31. The maximum absolute atomic E-state index is 11.9. The number of nitrogens with zero attached hydrogens (tertiary/aromatic N) is 1. The second-order valence-electron chi connectivity index (χ2n) is 4.60. The van der Waals surface area contributed by atoms with Crippen LogP contribution in [0.15, 0.2) is 24.3 Å².